The van der Waals surface area contributed by atoms with Gasteiger partial charge in [-0.2, -0.15) is 0 Å². The average Bonchev–Trinajstić information content (AvgIpc) is 2.30. The van der Waals surface area contributed by atoms with Gasteiger partial charge in [-0.1, -0.05) is 18.5 Å². The molecule has 0 atom stereocenters. The first kappa shape index (κ1) is 13.7. The van der Waals surface area contributed by atoms with Crippen LogP contribution >= 0.6 is 11.6 Å². The van der Waals surface area contributed by atoms with E-state index in [0.717, 1.165) is 13.1 Å². The van der Waals surface area contributed by atoms with Crippen LogP contribution in [0.1, 0.15) is 17.3 Å². The summed E-state index contributed by atoms with van der Waals surface area (Å²) >= 11 is 5.72. The number of carboxylic acid groups (broad SMARTS) is 1. The van der Waals surface area contributed by atoms with Gasteiger partial charge >= 0.3 is 5.97 Å². The van der Waals surface area contributed by atoms with Crippen LogP contribution < -0.4 is 5.32 Å². The molecule has 6 heteroatoms. The molecule has 0 aliphatic rings. The van der Waals surface area contributed by atoms with Crippen LogP contribution in [-0.4, -0.2) is 47.6 Å². The Balaban J connectivity index is 2.60. The molecule has 0 unspecified atom stereocenters. The van der Waals surface area contributed by atoms with Crippen LogP contribution in [0.15, 0.2) is 12.3 Å². The van der Waals surface area contributed by atoms with E-state index in [1.165, 1.54) is 12.3 Å². The molecular formula is C11H16ClN3O2. The van der Waals surface area contributed by atoms with Gasteiger partial charge in [-0.25, -0.2) is 9.78 Å². The number of nitrogens with one attached hydrogen (secondary N) is 1. The van der Waals surface area contributed by atoms with Gasteiger partial charge in [0.25, 0.3) is 0 Å². The minimum absolute atomic E-state index is 0.0630. The summed E-state index contributed by atoms with van der Waals surface area (Å²) in [7, 11) is 2.01. The molecule has 1 heterocycles. The Labute approximate surface area is 105 Å². The standard InChI is InChI=1S/C11H16ClN3O2/c1-3-15(2)5-4-13-10-6-8(11(16)17)9(12)7-14-10/h6-7H,3-5H2,1-2H3,(H,13,14)(H,16,17). The molecule has 94 valence electrons. The van der Waals surface area contributed by atoms with Gasteiger partial charge in [-0.15, -0.1) is 0 Å². The van der Waals surface area contributed by atoms with Crippen molar-refractivity contribution in [2.24, 2.45) is 0 Å². The van der Waals surface area contributed by atoms with Crippen molar-refractivity contribution in [3.63, 3.8) is 0 Å². The summed E-state index contributed by atoms with van der Waals surface area (Å²) in [4.78, 5) is 17.0. The Kier molecular flexibility index (Phi) is 5.18. The Morgan fingerprint density at radius 3 is 2.94 bits per heavy atom. The lowest BCUT2D eigenvalue weighted by Gasteiger charge is -2.14. The van der Waals surface area contributed by atoms with Gasteiger partial charge in [-0.3, -0.25) is 0 Å². The Morgan fingerprint density at radius 1 is 1.65 bits per heavy atom. The number of carbonyl (C=O) groups is 1. The fourth-order valence-electron chi connectivity index (χ4n) is 1.23. The lowest BCUT2D eigenvalue weighted by Crippen LogP contribution is -2.25. The molecule has 0 aliphatic carbocycles. The summed E-state index contributed by atoms with van der Waals surface area (Å²) in [6.45, 7) is 4.61. The lowest BCUT2D eigenvalue weighted by atomic mass is 10.2. The minimum Gasteiger partial charge on any atom is -0.478 e. The molecule has 17 heavy (non-hydrogen) atoms. The number of hydrogen-bond donors (Lipinski definition) is 2. The lowest BCUT2D eigenvalue weighted by molar-refractivity contribution is 0.0697. The number of anilines is 1. The number of rotatable bonds is 6. The second-order valence-corrected chi connectivity index (χ2v) is 4.08. The Bertz CT molecular complexity index is 398. The highest BCUT2D eigenvalue weighted by atomic mass is 35.5. The fourth-order valence-corrected chi connectivity index (χ4v) is 1.42. The smallest absolute Gasteiger partial charge is 0.337 e. The maximum atomic E-state index is 10.9. The van der Waals surface area contributed by atoms with Crippen LogP contribution in [0.2, 0.25) is 5.02 Å². The van der Waals surface area contributed by atoms with Crippen molar-refractivity contribution < 1.29 is 9.90 Å². The van der Waals surface area contributed by atoms with Gasteiger partial charge in [0.05, 0.1) is 10.6 Å². The van der Waals surface area contributed by atoms with E-state index in [1.807, 2.05) is 7.05 Å². The number of aromatic carboxylic acids is 1. The molecule has 1 aromatic rings. The highest BCUT2D eigenvalue weighted by Gasteiger charge is 2.10. The molecule has 0 saturated carbocycles. The third-order valence-corrected chi connectivity index (χ3v) is 2.73. The van der Waals surface area contributed by atoms with Crippen LogP contribution in [0, 0.1) is 0 Å². The first-order valence-electron chi connectivity index (χ1n) is 5.35. The number of pyridine rings is 1. The van der Waals surface area contributed by atoms with Crippen LogP contribution in [0.5, 0.6) is 0 Å². The zero-order chi connectivity index (χ0) is 12.8. The first-order chi connectivity index (χ1) is 8.04. The average molecular weight is 258 g/mol. The van der Waals surface area contributed by atoms with E-state index < -0.39 is 5.97 Å². The Hall–Kier alpha value is -1.33. The highest BCUT2D eigenvalue weighted by molar-refractivity contribution is 6.33. The van der Waals surface area contributed by atoms with E-state index in [9.17, 15) is 4.79 Å². The minimum atomic E-state index is -1.05. The third kappa shape index (κ3) is 4.20. The molecule has 0 saturated heterocycles. The number of carboxylic acids is 1. The van der Waals surface area contributed by atoms with E-state index in [-0.39, 0.29) is 10.6 Å². The normalized spacial score (nSPS) is 10.6. The molecule has 0 radical (unpaired) electrons. The van der Waals surface area contributed by atoms with Gasteiger partial charge in [0, 0.05) is 19.3 Å². The zero-order valence-corrected chi connectivity index (χ0v) is 10.7. The monoisotopic (exact) mass is 257 g/mol. The molecule has 0 aliphatic heterocycles. The second-order valence-electron chi connectivity index (χ2n) is 3.68. The summed E-state index contributed by atoms with van der Waals surface area (Å²) < 4.78 is 0. The van der Waals surface area contributed by atoms with Gasteiger partial charge in [0.2, 0.25) is 0 Å². The molecule has 1 aromatic heterocycles. The molecule has 2 N–H and O–H groups in total. The van der Waals surface area contributed by atoms with E-state index in [1.54, 1.807) is 0 Å². The fraction of sp³-hybridized carbons (Fsp3) is 0.455. The predicted molar refractivity (Wildman–Crippen MR) is 67.9 cm³/mol. The number of halogens is 1. The van der Waals surface area contributed by atoms with E-state index in [4.69, 9.17) is 16.7 Å². The summed E-state index contributed by atoms with van der Waals surface area (Å²) in [6.07, 6.45) is 1.34. The largest absolute Gasteiger partial charge is 0.478 e. The van der Waals surface area contributed by atoms with Gasteiger partial charge in [0.1, 0.15) is 5.82 Å². The van der Waals surface area contributed by atoms with E-state index in [0.29, 0.717) is 12.4 Å². The SMILES string of the molecule is CCN(C)CCNc1cc(C(=O)O)c(Cl)cn1. The summed E-state index contributed by atoms with van der Waals surface area (Å²) in [5, 5.41) is 12.1. The van der Waals surface area contributed by atoms with Crippen LogP contribution in [0.3, 0.4) is 0 Å². The first-order valence-corrected chi connectivity index (χ1v) is 5.73. The van der Waals surface area contributed by atoms with Gasteiger partial charge in [-0.05, 0) is 19.7 Å². The molecule has 1 rings (SSSR count). The predicted octanol–water partition coefficient (Wildman–Crippen LogP) is 1.80. The van der Waals surface area contributed by atoms with Crippen molar-refractivity contribution in [2.75, 3.05) is 32.0 Å². The van der Waals surface area contributed by atoms with Crippen molar-refractivity contribution >= 4 is 23.4 Å². The second kappa shape index (κ2) is 6.42. The summed E-state index contributed by atoms with van der Waals surface area (Å²) in [6, 6.07) is 1.44. The van der Waals surface area contributed by atoms with Gasteiger partial charge < -0.3 is 15.3 Å². The molecule has 0 bridgehead atoms. The molecule has 0 amide bonds. The van der Waals surface area contributed by atoms with Crippen molar-refractivity contribution in [1.29, 1.82) is 0 Å². The van der Waals surface area contributed by atoms with Crippen molar-refractivity contribution in [2.45, 2.75) is 6.92 Å². The molecular weight excluding hydrogens is 242 g/mol. The van der Waals surface area contributed by atoms with E-state index in [2.05, 4.69) is 22.1 Å². The zero-order valence-electron chi connectivity index (χ0n) is 9.90. The topological polar surface area (TPSA) is 65.5 Å². The maximum absolute atomic E-state index is 10.9. The number of aromatic nitrogens is 1. The van der Waals surface area contributed by atoms with Crippen molar-refractivity contribution in [1.82, 2.24) is 9.88 Å². The highest BCUT2D eigenvalue weighted by Crippen LogP contribution is 2.17. The van der Waals surface area contributed by atoms with Crippen LogP contribution in [0.4, 0.5) is 5.82 Å². The third-order valence-electron chi connectivity index (χ3n) is 2.43. The molecule has 0 spiro atoms. The van der Waals surface area contributed by atoms with Crippen molar-refractivity contribution in [3.05, 3.63) is 22.8 Å². The van der Waals surface area contributed by atoms with Crippen LogP contribution in [-0.2, 0) is 0 Å². The number of hydrogen-bond acceptors (Lipinski definition) is 4. The van der Waals surface area contributed by atoms with Crippen molar-refractivity contribution in [3.8, 4) is 0 Å². The van der Waals surface area contributed by atoms with Gasteiger partial charge in [0.15, 0.2) is 0 Å². The Morgan fingerprint density at radius 2 is 2.35 bits per heavy atom. The number of likely N-dealkylation sites (N-methyl/N-ethyl adjacent to an activating group) is 1. The summed E-state index contributed by atoms with van der Waals surface area (Å²) in [5.41, 5.74) is 0.0630. The molecule has 0 aromatic carbocycles. The van der Waals surface area contributed by atoms with E-state index >= 15 is 0 Å². The molecule has 5 nitrogen and oxygen atoms in total. The quantitative estimate of drug-likeness (QED) is 0.814. The molecule has 0 fully saturated rings. The maximum Gasteiger partial charge on any atom is 0.337 e. The number of nitrogens with zero attached hydrogens (tertiary/aromatic N) is 2. The summed E-state index contributed by atoms with van der Waals surface area (Å²) in [5.74, 6) is -0.526. The van der Waals surface area contributed by atoms with Crippen LogP contribution in [0.25, 0.3) is 0 Å².